The molecule has 2 heterocycles. The predicted octanol–water partition coefficient (Wildman–Crippen LogP) is 3.29. The molecule has 0 radical (unpaired) electrons. The number of carbonyl (C=O) groups excluding carboxylic acids is 1. The lowest BCUT2D eigenvalue weighted by Gasteiger charge is -2.32. The lowest BCUT2D eigenvalue weighted by Crippen LogP contribution is -2.53. The van der Waals surface area contributed by atoms with Gasteiger partial charge in [0.05, 0.1) is 10.3 Å². The minimum absolute atomic E-state index is 0.158. The Morgan fingerprint density at radius 2 is 1.91 bits per heavy atom. The zero-order valence-corrected chi connectivity index (χ0v) is 13.9. The largest absolute Gasteiger partial charge is 0.409 e. The number of aromatic nitrogens is 2. The number of hydrogen-bond donors (Lipinski definition) is 2. The van der Waals surface area contributed by atoms with Crippen LogP contribution in [0.15, 0.2) is 6.33 Å². The van der Waals surface area contributed by atoms with Gasteiger partial charge in [-0.3, -0.25) is 4.79 Å². The van der Waals surface area contributed by atoms with Gasteiger partial charge in [-0.2, -0.15) is 13.2 Å². The molecule has 5 nitrogen and oxygen atoms in total. The number of nitrogens with two attached hydrogens (primary N) is 1. The highest BCUT2D eigenvalue weighted by Crippen LogP contribution is 2.35. The van der Waals surface area contributed by atoms with Crippen LogP contribution in [0.3, 0.4) is 0 Å². The molecule has 3 N–H and O–H groups in total. The minimum Gasteiger partial charge on any atom is -0.383 e. The van der Waals surface area contributed by atoms with Crippen molar-refractivity contribution in [3.63, 3.8) is 0 Å². The highest BCUT2D eigenvalue weighted by molar-refractivity contribution is 7.20. The van der Waals surface area contributed by atoms with Crippen LogP contribution in [0.5, 0.6) is 0 Å². The van der Waals surface area contributed by atoms with Crippen molar-refractivity contribution in [1.82, 2.24) is 15.3 Å². The number of aryl methyl sites for hydroxylation is 1. The van der Waals surface area contributed by atoms with Crippen molar-refractivity contribution in [3.8, 4) is 0 Å². The van der Waals surface area contributed by atoms with E-state index >= 15 is 0 Å². The summed E-state index contributed by atoms with van der Waals surface area (Å²) in [7, 11) is 0. The molecule has 1 amide bonds. The van der Waals surface area contributed by atoms with Crippen molar-refractivity contribution in [2.75, 3.05) is 5.73 Å². The van der Waals surface area contributed by atoms with E-state index in [1.165, 1.54) is 27.1 Å². The molecule has 23 heavy (non-hydrogen) atoms. The zero-order chi connectivity index (χ0) is 17.6. The van der Waals surface area contributed by atoms with Gasteiger partial charge in [0.1, 0.15) is 23.0 Å². The molecule has 0 saturated carbocycles. The van der Waals surface area contributed by atoms with Crippen molar-refractivity contribution < 1.29 is 18.0 Å². The first kappa shape index (κ1) is 17.5. The van der Waals surface area contributed by atoms with Crippen molar-refractivity contribution in [2.45, 2.75) is 39.9 Å². The summed E-state index contributed by atoms with van der Waals surface area (Å²) in [6.45, 7) is 5.89. The maximum Gasteiger partial charge on any atom is 0.409 e. The van der Waals surface area contributed by atoms with Gasteiger partial charge >= 0.3 is 6.18 Å². The molecule has 126 valence electrons. The molecular formula is C14H17F3N4OS. The van der Waals surface area contributed by atoms with Crippen molar-refractivity contribution in [1.29, 1.82) is 0 Å². The van der Waals surface area contributed by atoms with E-state index in [4.69, 9.17) is 5.73 Å². The Kier molecular flexibility index (Phi) is 4.27. The molecule has 0 saturated heterocycles. The molecule has 2 aromatic rings. The second kappa shape index (κ2) is 5.63. The van der Waals surface area contributed by atoms with E-state index in [1.54, 1.807) is 6.92 Å². The van der Waals surface area contributed by atoms with Gasteiger partial charge in [0.15, 0.2) is 0 Å². The number of amides is 1. The second-order valence-electron chi connectivity index (χ2n) is 6.31. The molecule has 0 aliphatic carbocycles. The van der Waals surface area contributed by atoms with E-state index in [2.05, 4.69) is 15.3 Å². The summed E-state index contributed by atoms with van der Waals surface area (Å²) in [6.07, 6.45) is -3.29. The van der Waals surface area contributed by atoms with E-state index in [0.717, 1.165) is 11.3 Å². The molecule has 1 unspecified atom stereocenters. The lowest BCUT2D eigenvalue weighted by molar-refractivity contribution is -0.174. The van der Waals surface area contributed by atoms with Crippen molar-refractivity contribution in [2.24, 2.45) is 5.41 Å². The first-order valence-electron chi connectivity index (χ1n) is 6.80. The van der Waals surface area contributed by atoms with E-state index < -0.39 is 23.5 Å². The maximum atomic E-state index is 13.2. The average molecular weight is 346 g/mol. The van der Waals surface area contributed by atoms with Crippen LogP contribution < -0.4 is 11.1 Å². The molecule has 0 fully saturated rings. The predicted molar refractivity (Wildman–Crippen MR) is 83.3 cm³/mol. The summed E-state index contributed by atoms with van der Waals surface area (Å²) in [4.78, 5) is 20.8. The number of fused-ring (bicyclic) bond motifs is 1. The van der Waals surface area contributed by atoms with E-state index in [9.17, 15) is 18.0 Å². The molecule has 2 aromatic heterocycles. The molecule has 0 bridgehead atoms. The van der Waals surface area contributed by atoms with Crippen molar-refractivity contribution in [3.05, 3.63) is 16.8 Å². The van der Waals surface area contributed by atoms with Crippen LogP contribution in [-0.2, 0) is 0 Å². The number of anilines is 1. The SMILES string of the molecule is Cc1c(C(=O)NC(C(C)(C)C)C(F)(F)F)sc2ncnc(N)c12. The topological polar surface area (TPSA) is 80.9 Å². The quantitative estimate of drug-likeness (QED) is 0.874. The van der Waals surface area contributed by atoms with Crippen LogP contribution in [0.4, 0.5) is 19.0 Å². The van der Waals surface area contributed by atoms with Gasteiger partial charge in [0, 0.05) is 0 Å². The minimum atomic E-state index is -4.54. The number of thiophene rings is 1. The summed E-state index contributed by atoms with van der Waals surface area (Å²) in [5, 5.41) is 2.59. The Labute approximate surface area is 135 Å². The first-order chi connectivity index (χ1) is 10.4. The molecule has 0 aliphatic heterocycles. The Balaban J connectivity index is 2.41. The van der Waals surface area contributed by atoms with Gasteiger partial charge in [0.25, 0.3) is 5.91 Å². The normalized spacial score (nSPS) is 14.0. The number of nitrogen functional groups attached to an aromatic ring is 1. The fourth-order valence-electron chi connectivity index (χ4n) is 2.30. The Morgan fingerprint density at radius 1 is 1.30 bits per heavy atom. The van der Waals surface area contributed by atoms with Crippen LogP contribution in [0.25, 0.3) is 10.2 Å². The Bertz CT molecular complexity index is 735. The number of nitrogens with one attached hydrogen (secondary N) is 1. The summed E-state index contributed by atoms with van der Waals surface area (Å²) in [5.41, 5.74) is 5.07. The number of hydrogen-bond acceptors (Lipinski definition) is 5. The zero-order valence-electron chi connectivity index (χ0n) is 13.1. The highest BCUT2D eigenvalue weighted by atomic mass is 32.1. The third-order valence-corrected chi connectivity index (χ3v) is 4.63. The number of halogens is 3. The van der Waals surface area contributed by atoms with Crippen LogP contribution in [0.2, 0.25) is 0 Å². The summed E-state index contributed by atoms with van der Waals surface area (Å²) >= 11 is 0.999. The van der Waals surface area contributed by atoms with Gasteiger partial charge in [-0.1, -0.05) is 20.8 Å². The average Bonchev–Trinajstić information content (AvgIpc) is 2.72. The second-order valence-corrected chi connectivity index (χ2v) is 7.31. The van der Waals surface area contributed by atoms with Crippen LogP contribution >= 0.6 is 11.3 Å². The van der Waals surface area contributed by atoms with Crippen LogP contribution in [0, 0.1) is 12.3 Å². The van der Waals surface area contributed by atoms with Gasteiger partial charge < -0.3 is 11.1 Å². The molecule has 9 heteroatoms. The lowest BCUT2D eigenvalue weighted by atomic mass is 9.86. The fourth-order valence-corrected chi connectivity index (χ4v) is 3.36. The monoisotopic (exact) mass is 346 g/mol. The smallest absolute Gasteiger partial charge is 0.383 e. The third kappa shape index (κ3) is 3.39. The van der Waals surface area contributed by atoms with Gasteiger partial charge in [-0.05, 0) is 17.9 Å². The van der Waals surface area contributed by atoms with Crippen LogP contribution in [-0.4, -0.2) is 28.1 Å². The van der Waals surface area contributed by atoms with Crippen LogP contribution in [0.1, 0.15) is 36.0 Å². The number of alkyl halides is 3. The van der Waals surface area contributed by atoms with Gasteiger partial charge in [-0.15, -0.1) is 11.3 Å². The summed E-state index contributed by atoms with van der Waals surface area (Å²) in [5.74, 6) is -0.590. The fraction of sp³-hybridized carbons (Fsp3) is 0.500. The van der Waals surface area contributed by atoms with Gasteiger partial charge in [-0.25, -0.2) is 9.97 Å². The van der Waals surface area contributed by atoms with E-state index in [1.807, 2.05) is 0 Å². The summed E-state index contributed by atoms with van der Waals surface area (Å²) in [6, 6.07) is -1.96. The molecule has 0 aliphatic rings. The number of carbonyl (C=O) groups is 1. The highest BCUT2D eigenvalue weighted by Gasteiger charge is 2.48. The van der Waals surface area contributed by atoms with Gasteiger partial charge in [0.2, 0.25) is 0 Å². The molecule has 2 rings (SSSR count). The Hall–Kier alpha value is -1.90. The third-order valence-electron chi connectivity index (χ3n) is 3.43. The van der Waals surface area contributed by atoms with E-state index in [0.29, 0.717) is 15.8 Å². The number of rotatable bonds is 2. The van der Waals surface area contributed by atoms with E-state index in [-0.39, 0.29) is 10.7 Å². The molecule has 1 atom stereocenters. The summed E-state index contributed by atoms with van der Waals surface area (Å²) < 4.78 is 39.6. The van der Waals surface area contributed by atoms with Crippen molar-refractivity contribution >= 4 is 33.3 Å². The molecule has 0 spiro atoms. The first-order valence-corrected chi connectivity index (χ1v) is 7.61. The number of nitrogens with zero attached hydrogens (tertiary/aromatic N) is 2. The standard InChI is InChI=1S/C14H17F3N4OS/c1-6-7-9(18)19-5-20-11(7)23-8(6)10(22)21-12(13(2,3)4)14(15,16)17/h5,12H,1-4H3,(H,21,22)(H2,18,19,20). The molecular weight excluding hydrogens is 329 g/mol. The Morgan fingerprint density at radius 3 is 2.39 bits per heavy atom. The maximum absolute atomic E-state index is 13.2. The molecule has 0 aromatic carbocycles.